The Kier molecular flexibility index (Phi) is 11.3. The number of carbonyl (C=O) groups is 3. The Labute approximate surface area is 144 Å². The molecule has 0 aromatic rings. The molecule has 0 aromatic heterocycles. The predicted octanol–water partition coefficient (Wildman–Crippen LogP) is 0.260. The van der Waals surface area contributed by atoms with E-state index in [1.54, 1.807) is 0 Å². The number of hydrogen-bond donors (Lipinski definition) is 2. The van der Waals surface area contributed by atoms with Crippen molar-refractivity contribution in [2.45, 2.75) is 33.9 Å². The van der Waals surface area contributed by atoms with E-state index in [-0.39, 0.29) is 0 Å². The zero-order valence-electron chi connectivity index (χ0n) is 14.8. The summed E-state index contributed by atoms with van der Waals surface area (Å²) in [5, 5.41) is 16.2. The third-order valence-corrected chi connectivity index (χ3v) is 3.71. The van der Waals surface area contributed by atoms with Gasteiger partial charge in [-0.15, -0.1) is 0 Å². The minimum Gasteiger partial charge on any atom is -0.476 e. The summed E-state index contributed by atoms with van der Waals surface area (Å²) >= 11 is 0. The van der Waals surface area contributed by atoms with Crippen molar-refractivity contribution >= 4 is 25.2 Å². The monoisotopic (exact) mass is 374 g/mol. The van der Waals surface area contributed by atoms with Crippen LogP contribution < -0.4 is 0 Å². The number of alkyl halides is 3. The second-order valence-electron chi connectivity index (χ2n) is 5.27. The van der Waals surface area contributed by atoms with E-state index in [9.17, 15) is 27.6 Å². The lowest BCUT2D eigenvalue weighted by molar-refractivity contribution is -0.904. The first-order valence-corrected chi connectivity index (χ1v) is 7.47. The Morgan fingerprint density at radius 2 is 1.44 bits per heavy atom. The van der Waals surface area contributed by atoms with E-state index in [0.717, 1.165) is 0 Å². The van der Waals surface area contributed by atoms with Crippen molar-refractivity contribution in [3.05, 3.63) is 0 Å². The minimum absolute atomic E-state index is 0.418. The molecule has 8 nitrogen and oxygen atoms in total. The van der Waals surface area contributed by atoms with Gasteiger partial charge in [0.05, 0.1) is 26.7 Å². The van der Waals surface area contributed by atoms with Crippen molar-refractivity contribution < 1.29 is 51.5 Å². The summed E-state index contributed by atoms with van der Waals surface area (Å²) < 4.78 is 44.0. The fourth-order valence-corrected chi connectivity index (χ4v) is 1.17. The van der Waals surface area contributed by atoms with Crippen LogP contribution in [0.1, 0.15) is 27.7 Å². The number of ether oxygens (including phenoxy) is 1. The molecule has 25 heavy (non-hydrogen) atoms. The molecule has 0 spiro atoms. The molecule has 0 aliphatic heterocycles. The van der Waals surface area contributed by atoms with Crippen molar-refractivity contribution in [3.63, 3.8) is 0 Å². The van der Waals surface area contributed by atoms with Gasteiger partial charge in [0.2, 0.25) is 0 Å². The third-order valence-electron chi connectivity index (χ3n) is 3.71. The van der Waals surface area contributed by atoms with Gasteiger partial charge in [-0.3, -0.25) is 4.79 Å². The lowest BCUT2D eigenvalue weighted by Gasteiger charge is -2.30. The fourth-order valence-electron chi connectivity index (χ4n) is 1.17. The number of esters is 2. The number of carbonyl (C=O) groups excluding carboxylic acids is 3. The molecule has 1 unspecified atom stereocenters. The summed E-state index contributed by atoms with van der Waals surface area (Å²) in [6.07, 6.45) is -4.93. The van der Waals surface area contributed by atoms with Gasteiger partial charge in [-0.1, -0.05) is 0 Å². The van der Waals surface area contributed by atoms with Crippen LogP contribution in [0.25, 0.3) is 0 Å². The number of rotatable bonds is 5. The largest absolute Gasteiger partial charge is 0.709 e. The van der Waals surface area contributed by atoms with Crippen LogP contribution in [0.2, 0.25) is 0 Å². The van der Waals surface area contributed by atoms with E-state index in [1.165, 1.54) is 24.1 Å². The first-order valence-electron chi connectivity index (χ1n) is 7.47. The summed E-state index contributed by atoms with van der Waals surface area (Å²) in [7, 11) is -0.356. The quantitative estimate of drug-likeness (QED) is 0.234. The van der Waals surface area contributed by atoms with Gasteiger partial charge in [0.1, 0.15) is 5.92 Å². The van der Waals surface area contributed by atoms with Gasteiger partial charge in [0, 0.05) is 0 Å². The zero-order chi connectivity index (χ0) is 20.4. The molecule has 0 saturated heterocycles. The van der Waals surface area contributed by atoms with Gasteiger partial charge in [-0.25, -0.2) is 9.59 Å². The smallest absolute Gasteiger partial charge is 0.476 e. The van der Waals surface area contributed by atoms with Crippen molar-refractivity contribution in [3.8, 4) is 0 Å². The molecule has 0 saturated carbocycles. The molecule has 12 heteroatoms. The van der Waals surface area contributed by atoms with Crippen molar-refractivity contribution in [2.24, 2.45) is 5.92 Å². The molecular weight excluding hydrogens is 350 g/mol. The number of hydrogen-bond acceptors (Lipinski definition) is 7. The SMILES string of the molecule is CC(C(=O)OC(=O)C(=O)OB(O)O)C(F)(F)F.CC[N+](C)(CC)CC. The molecule has 0 aliphatic carbocycles. The summed E-state index contributed by atoms with van der Waals surface area (Å²) in [5.41, 5.74) is 0. The van der Waals surface area contributed by atoms with Crippen LogP contribution in [0.15, 0.2) is 0 Å². The topological polar surface area (TPSA) is 110 Å². The average Bonchev–Trinajstić information content (AvgIpc) is 2.52. The molecule has 0 aromatic carbocycles. The lowest BCUT2D eigenvalue weighted by Crippen LogP contribution is -2.42. The third kappa shape index (κ3) is 10.7. The van der Waals surface area contributed by atoms with Crippen LogP contribution >= 0.6 is 0 Å². The van der Waals surface area contributed by atoms with Gasteiger partial charge in [-0.05, 0) is 27.7 Å². The maximum atomic E-state index is 12.0. The molecule has 146 valence electrons. The van der Waals surface area contributed by atoms with Gasteiger partial charge in [0.25, 0.3) is 0 Å². The van der Waals surface area contributed by atoms with Crippen LogP contribution in [0.3, 0.4) is 0 Å². The summed E-state index contributed by atoms with van der Waals surface area (Å²) in [5.74, 6) is -8.72. The highest BCUT2D eigenvalue weighted by molar-refractivity contribution is 6.43. The lowest BCUT2D eigenvalue weighted by atomic mass is 10.2. The van der Waals surface area contributed by atoms with Crippen molar-refractivity contribution in [2.75, 3.05) is 26.7 Å². The number of nitrogens with zero attached hydrogens (tertiary/aromatic N) is 1. The summed E-state index contributed by atoms with van der Waals surface area (Å²) in [4.78, 5) is 31.8. The van der Waals surface area contributed by atoms with E-state index in [0.29, 0.717) is 6.92 Å². The van der Waals surface area contributed by atoms with Gasteiger partial charge < -0.3 is 23.9 Å². The summed E-state index contributed by atoms with van der Waals surface area (Å²) in [6.45, 7) is 10.9. The maximum absolute atomic E-state index is 12.0. The Bertz CT molecular complexity index is 445. The molecule has 0 aliphatic rings. The van der Waals surface area contributed by atoms with Crippen molar-refractivity contribution in [1.29, 1.82) is 0 Å². The van der Waals surface area contributed by atoms with Gasteiger partial charge >= 0.3 is 31.4 Å². The highest BCUT2D eigenvalue weighted by atomic mass is 19.4. The Morgan fingerprint density at radius 3 is 1.68 bits per heavy atom. The minimum atomic E-state index is -4.93. The second kappa shape index (κ2) is 11.1. The first-order chi connectivity index (χ1) is 11.2. The average molecular weight is 374 g/mol. The number of halogens is 3. The Morgan fingerprint density at radius 1 is 1.04 bits per heavy atom. The van der Waals surface area contributed by atoms with E-state index >= 15 is 0 Å². The first kappa shape index (κ1) is 25.6. The van der Waals surface area contributed by atoms with Crippen molar-refractivity contribution in [1.82, 2.24) is 0 Å². The van der Waals surface area contributed by atoms with Crippen LogP contribution in [-0.2, 0) is 23.8 Å². The van der Waals surface area contributed by atoms with Gasteiger partial charge in [0.15, 0.2) is 0 Å². The molecule has 0 amide bonds. The predicted molar refractivity (Wildman–Crippen MR) is 80.4 cm³/mol. The molecule has 1 atom stereocenters. The zero-order valence-corrected chi connectivity index (χ0v) is 14.8. The molecule has 0 fully saturated rings. The fraction of sp³-hybridized carbons (Fsp3) is 0.769. The van der Waals surface area contributed by atoms with Gasteiger partial charge in [-0.2, -0.15) is 13.2 Å². The standard InChI is InChI=1S/C7H18N.C6H6BF3O7/c1-5-8(4,6-2)7-3;1-2(6(8,9)10)3(11)16-4(12)5(13)17-7(14)15/h5-7H2,1-4H3;2,14-15H,1H3/q+1;. The Balaban J connectivity index is 0. The number of quaternary nitrogens is 1. The molecule has 0 heterocycles. The summed E-state index contributed by atoms with van der Waals surface area (Å²) in [6, 6.07) is 0. The molecule has 0 radical (unpaired) electrons. The highest BCUT2D eigenvalue weighted by Gasteiger charge is 2.43. The Hall–Kier alpha value is -1.66. The van der Waals surface area contributed by atoms with Crippen LogP contribution in [0, 0.1) is 5.92 Å². The second-order valence-corrected chi connectivity index (χ2v) is 5.27. The van der Waals surface area contributed by atoms with E-state index in [4.69, 9.17) is 10.0 Å². The molecule has 0 rings (SSSR count). The molecule has 0 bridgehead atoms. The van der Waals surface area contributed by atoms with E-state index in [2.05, 4.69) is 37.2 Å². The molecule has 2 N–H and O–H groups in total. The molecular formula is C13H24BF3NO7+. The highest BCUT2D eigenvalue weighted by Crippen LogP contribution is 2.26. The normalized spacial score (nSPS) is 12.4. The van der Waals surface area contributed by atoms with Crippen LogP contribution in [-0.4, -0.2) is 72.6 Å². The van der Waals surface area contributed by atoms with E-state index in [1.807, 2.05) is 0 Å². The maximum Gasteiger partial charge on any atom is 0.709 e. The van der Waals surface area contributed by atoms with E-state index < -0.39 is 37.3 Å². The van der Waals surface area contributed by atoms with Crippen LogP contribution in [0.4, 0.5) is 13.2 Å². The van der Waals surface area contributed by atoms with Crippen LogP contribution in [0.5, 0.6) is 0 Å².